The molecule has 1 N–H and O–H groups in total. The fourth-order valence-electron chi connectivity index (χ4n) is 0.749. The maximum Gasteiger partial charge on any atom is 0.121 e. The third-order valence-corrected chi connectivity index (χ3v) is 1.54. The summed E-state index contributed by atoms with van der Waals surface area (Å²) in [5.74, 6) is 0. The van der Waals surface area contributed by atoms with Crippen molar-refractivity contribution in [1.82, 2.24) is 5.32 Å². The van der Waals surface area contributed by atoms with Crippen LogP contribution in [0.4, 0.5) is 0 Å². The number of aliphatic imine (C=N–C) groups is 1. The predicted molar refractivity (Wildman–Crippen MR) is 42.6 cm³/mol. The molecule has 0 bridgehead atoms. The second-order valence-corrected chi connectivity index (χ2v) is 2.11. The van der Waals surface area contributed by atoms with Crippen LogP contribution in [-0.4, -0.2) is 32.1 Å². The Labute approximate surface area is 61.5 Å². The first-order valence-corrected chi connectivity index (χ1v) is 3.30. The van der Waals surface area contributed by atoms with Gasteiger partial charge in [0.15, 0.2) is 0 Å². The Kier molecular flexibility index (Phi) is 4.76. The zero-order valence-corrected chi connectivity index (χ0v) is 6.72. The summed E-state index contributed by atoms with van der Waals surface area (Å²) in [4.78, 5) is 14.1. The topological polar surface area (TPSA) is 41.5 Å². The Morgan fingerprint density at radius 3 is 2.70 bits per heavy atom. The van der Waals surface area contributed by atoms with Crippen LogP contribution in [0.3, 0.4) is 0 Å². The molecule has 0 aromatic rings. The lowest BCUT2D eigenvalue weighted by Crippen LogP contribution is -2.32. The van der Waals surface area contributed by atoms with Gasteiger partial charge >= 0.3 is 0 Å². The van der Waals surface area contributed by atoms with Crippen molar-refractivity contribution in [3.8, 4) is 0 Å². The molecule has 10 heavy (non-hydrogen) atoms. The van der Waals surface area contributed by atoms with Crippen molar-refractivity contribution in [1.29, 1.82) is 0 Å². The van der Waals surface area contributed by atoms with Crippen LogP contribution in [0, 0.1) is 0 Å². The number of nitrogens with zero attached hydrogens (tertiary/aromatic N) is 1. The fraction of sp³-hybridized carbons (Fsp3) is 0.714. The Morgan fingerprint density at radius 2 is 2.40 bits per heavy atom. The molecule has 1 atom stereocenters. The summed E-state index contributed by atoms with van der Waals surface area (Å²) < 4.78 is 0. The van der Waals surface area contributed by atoms with Crippen LogP contribution in [-0.2, 0) is 4.79 Å². The summed E-state index contributed by atoms with van der Waals surface area (Å²) in [7, 11) is 3.55. The van der Waals surface area contributed by atoms with E-state index in [9.17, 15) is 4.79 Å². The molecule has 0 saturated heterocycles. The molecule has 0 radical (unpaired) electrons. The van der Waals surface area contributed by atoms with E-state index in [1.807, 2.05) is 14.0 Å². The first-order valence-electron chi connectivity index (χ1n) is 3.30. The van der Waals surface area contributed by atoms with Gasteiger partial charge in [0.25, 0.3) is 0 Å². The summed E-state index contributed by atoms with van der Waals surface area (Å²) in [5, 5.41) is 2.99. The van der Waals surface area contributed by atoms with Gasteiger partial charge in [-0.3, -0.25) is 4.99 Å². The van der Waals surface area contributed by atoms with Crippen molar-refractivity contribution in [3.05, 3.63) is 0 Å². The molecule has 0 spiro atoms. The minimum Gasteiger partial charge on any atom is -0.312 e. The molecular formula is C7H14N2O. The number of hydrogen-bond acceptors (Lipinski definition) is 3. The van der Waals surface area contributed by atoms with Crippen LogP contribution in [0.1, 0.15) is 13.3 Å². The van der Waals surface area contributed by atoms with Gasteiger partial charge in [0, 0.05) is 19.2 Å². The second kappa shape index (κ2) is 5.11. The summed E-state index contributed by atoms with van der Waals surface area (Å²) in [6.45, 7) is 1.91. The van der Waals surface area contributed by atoms with Crippen molar-refractivity contribution < 1.29 is 4.79 Å². The van der Waals surface area contributed by atoms with Crippen molar-refractivity contribution in [2.24, 2.45) is 4.99 Å². The minimum absolute atomic E-state index is 0.113. The monoisotopic (exact) mass is 142 g/mol. The summed E-state index contributed by atoms with van der Waals surface area (Å²) >= 11 is 0. The maximum absolute atomic E-state index is 10.1. The molecule has 0 aliphatic heterocycles. The van der Waals surface area contributed by atoms with Crippen LogP contribution >= 0.6 is 0 Å². The normalized spacial score (nSPS) is 14.9. The molecule has 3 nitrogen and oxygen atoms in total. The van der Waals surface area contributed by atoms with E-state index in [-0.39, 0.29) is 6.04 Å². The Bertz CT molecular complexity index is 132. The molecule has 0 saturated carbocycles. The van der Waals surface area contributed by atoms with Crippen molar-refractivity contribution in [3.63, 3.8) is 0 Å². The van der Waals surface area contributed by atoms with E-state index >= 15 is 0 Å². The van der Waals surface area contributed by atoms with E-state index in [4.69, 9.17) is 0 Å². The molecule has 0 aliphatic carbocycles. The average molecular weight is 142 g/mol. The third-order valence-electron chi connectivity index (χ3n) is 1.54. The highest BCUT2D eigenvalue weighted by Crippen LogP contribution is 1.90. The van der Waals surface area contributed by atoms with Gasteiger partial charge in [-0.2, -0.15) is 0 Å². The minimum atomic E-state index is 0.113. The van der Waals surface area contributed by atoms with Gasteiger partial charge in [-0.05, 0) is 14.0 Å². The molecule has 0 amide bonds. The summed E-state index contributed by atoms with van der Waals surface area (Å²) in [6, 6.07) is 0.113. The van der Waals surface area contributed by atoms with Gasteiger partial charge < -0.3 is 10.1 Å². The molecule has 0 aliphatic rings. The SMILES string of the molecule is C/N=C(\C)C(CC=O)NC. The zero-order chi connectivity index (χ0) is 7.98. The van der Waals surface area contributed by atoms with Gasteiger partial charge in [0.05, 0.1) is 6.04 Å². The Hall–Kier alpha value is -0.700. The Balaban J connectivity index is 3.92. The van der Waals surface area contributed by atoms with Crippen LogP contribution in [0.25, 0.3) is 0 Å². The number of hydrogen-bond donors (Lipinski definition) is 1. The number of nitrogens with one attached hydrogen (secondary N) is 1. The molecule has 3 heteroatoms. The summed E-state index contributed by atoms with van der Waals surface area (Å²) in [5.41, 5.74) is 0.967. The molecule has 0 rings (SSSR count). The second-order valence-electron chi connectivity index (χ2n) is 2.11. The number of carbonyl (C=O) groups excluding carboxylic acids is 1. The van der Waals surface area contributed by atoms with Gasteiger partial charge in [-0.25, -0.2) is 0 Å². The number of rotatable bonds is 4. The molecule has 0 aromatic heterocycles. The highest BCUT2D eigenvalue weighted by atomic mass is 16.1. The van der Waals surface area contributed by atoms with Crippen LogP contribution < -0.4 is 5.32 Å². The standard InChI is InChI=1S/C7H14N2O/c1-6(8-2)7(9-3)4-5-10/h5,7,9H,4H2,1-3H3/b8-6+. The lowest BCUT2D eigenvalue weighted by molar-refractivity contribution is -0.108. The van der Waals surface area contributed by atoms with E-state index in [1.54, 1.807) is 7.05 Å². The van der Waals surface area contributed by atoms with Crippen molar-refractivity contribution in [2.75, 3.05) is 14.1 Å². The third kappa shape index (κ3) is 2.73. The Morgan fingerprint density at radius 1 is 1.80 bits per heavy atom. The smallest absolute Gasteiger partial charge is 0.121 e. The van der Waals surface area contributed by atoms with Crippen LogP contribution in [0.5, 0.6) is 0 Å². The quantitative estimate of drug-likeness (QED) is 0.451. The van der Waals surface area contributed by atoms with Gasteiger partial charge in [0.2, 0.25) is 0 Å². The molecule has 0 heterocycles. The first-order chi connectivity index (χ1) is 4.76. The molecule has 0 aromatic carbocycles. The highest BCUT2D eigenvalue weighted by Gasteiger charge is 2.06. The van der Waals surface area contributed by atoms with Crippen LogP contribution in [0.15, 0.2) is 4.99 Å². The zero-order valence-electron chi connectivity index (χ0n) is 6.72. The largest absolute Gasteiger partial charge is 0.312 e. The first kappa shape index (κ1) is 9.30. The lowest BCUT2D eigenvalue weighted by Gasteiger charge is -2.11. The van der Waals surface area contributed by atoms with E-state index in [2.05, 4.69) is 10.3 Å². The predicted octanol–water partition coefficient (Wildman–Crippen LogP) is 0.254. The van der Waals surface area contributed by atoms with Crippen molar-refractivity contribution in [2.45, 2.75) is 19.4 Å². The maximum atomic E-state index is 10.1. The van der Waals surface area contributed by atoms with E-state index in [0.29, 0.717) is 6.42 Å². The van der Waals surface area contributed by atoms with Crippen LogP contribution in [0.2, 0.25) is 0 Å². The lowest BCUT2D eigenvalue weighted by atomic mass is 10.1. The highest BCUT2D eigenvalue weighted by molar-refractivity contribution is 5.88. The molecular weight excluding hydrogens is 128 g/mol. The molecule has 1 unspecified atom stereocenters. The molecule has 0 fully saturated rings. The van der Waals surface area contributed by atoms with Gasteiger partial charge in [0.1, 0.15) is 6.29 Å². The van der Waals surface area contributed by atoms with Gasteiger partial charge in [-0.1, -0.05) is 0 Å². The van der Waals surface area contributed by atoms with E-state index < -0.39 is 0 Å². The number of carbonyl (C=O) groups is 1. The van der Waals surface area contributed by atoms with E-state index in [1.165, 1.54) is 0 Å². The number of aldehydes is 1. The van der Waals surface area contributed by atoms with E-state index in [0.717, 1.165) is 12.0 Å². The fourth-order valence-corrected chi connectivity index (χ4v) is 0.749. The average Bonchev–Trinajstić information content (AvgIpc) is 1.99. The van der Waals surface area contributed by atoms with Crippen molar-refractivity contribution >= 4 is 12.0 Å². The summed E-state index contributed by atoms with van der Waals surface area (Å²) in [6.07, 6.45) is 1.40. The van der Waals surface area contributed by atoms with Gasteiger partial charge in [-0.15, -0.1) is 0 Å². The molecule has 58 valence electrons.